The van der Waals surface area contributed by atoms with Crippen LogP contribution in [0.15, 0.2) is 36.4 Å². The van der Waals surface area contributed by atoms with Crippen molar-refractivity contribution in [2.24, 2.45) is 0 Å². The standard InChI is InChI=1S/C19H21F2NO4/c1-25-13-5-7-18(26-2)14(10-13)17(23)11-22-19(24)8-4-12-3-6-15(20)16(21)9-12/h3,5-7,9-10,17,23H,4,8,11H2,1-2H3,(H,22,24). The lowest BCUT2D eigenvalue weighted by Crippen LogP contribution is -2.28. The molecule has 2 N–H and O–H groups in total. The Morgan fingerprint density at radius 1 is 1.12 bits per heavy atom. The van der Waals surface area contributed by atoms with E-state index in [9.17, 15) is 18.7 Å². The first-order valence-corrected chi connectivity index (χ1v) is 8.05. The Hall–Kier alpha value is -2.67. The molecule has 0 aromatic heterocycles. The van der Waals surface area contributed by atoms with Crippen LogP contribution in [0.25, 0.3) is 0 Å². The molecule has 0 saturated carbocycles. The molecular formula is C19H21F2NO4. The zero-order valence-corrected chi connectivity index (χ0v) is 14.6. The Labute approximate surface area is 150 Å². The number of aliphatic hydroxyl groups excluding tert-OH is 1. The van der Waals surface area contributed by atoms with Gasteiger partial charge in [-0.15, -0.1) is 0 Å². The number of hydrogen-bond donors (Lipinski definition) is 2. The number of aryl methyl sites for hydroxylation is 1. The fourth-order valence-electron chi connectivity index (χ4n) is 2.46. The van der Waals surface area contributed by atoms with Gasteiger partial charge in [-0.05, 0) is 42.3 Å². The summed E-state index contributed by atoms with van der Waals surface area (Å²) in [6.45, 7) is -0.0138. The van der Waals surface area contributed by atoms with Crippen molar-refractivity contribution in [1.29, 1.82) is 0 Å². The molecule has 2 rings (SSSR count). The minimum absolute atomic E-state index is 0.0138. The molecule has 0 spiro atoms. The molecule has 0 aliphatic heterocycles. The number of carbonyl (C=O) groups is 1. The van der Waals surface area contributed by atoms with E-state index >= 15 is 0 Å². The van der Waals surface area contributed by atoms with Gasteiger partial charge in [-0.2, -0.15) is 0 Å². The van der Waals surface area contributed by atoms with Gasteiger partial charge in [0, 0.05) is 18.5 Å². The van der Waals surface area contributed by atoms with Crippen LogP contribution >= 0.6 is 0 Å². The van der Waals surface area contributed by atoms with Gasteiger partial charge in [0.2, 0.25) is 5.91 Å². The van der Waals surface area contributed by atoms with E-state index in [1.165, 1.54) is 20.3 Å². The molecule has 2 aromatic carbocycles. The van der Waals surface area contributed by atoms with Gasteiger partial charge >= 0.3 is 0 Å². The van der Waals surface area contributed by atoms with Crippen LogP contribution in [0.5, 0.6) is 11.5 Å². The normalized spacial score (nSPS) is 11.7. The predicted octanol–water partition coefficient (Wildman–Crippen LogP) is 2.76. The summed E-state index contributed by atoms with van der Waals surface area (Å²) >= 11 is 0. The van der Waals surface area contributed by atoms with Crippen molar-refractivity contribution in [3.8, 4) is 11.5 Å². The molecule has 1 unspecified atom stereocenters. The number of benzene rings is 2. The van der Waals surface area contributed by atoms with Crippen LogP contribution < -0.4 is 14.8 Å². The second-order valence-electron chi connectivity index (χ2n) is 5.68. The van der Waals surface area contributed by atoms with Gasteiger partial charge in [0.1, 0.15) is 11.5 Å². The molecule has 140 valence electrons. The van der Waals surface area contributed by atoms with Crippen molar-refractivity contribution in [3.63, 3.8) is 0 Å². The molecule has 0 fully saturated rings. The van der Waals surface area contributed by atoms with Gasteiger partial charge in [0.25, 0.3) is 0 Å². The SMILES string of the molecule is COc1ccc(OC)c(C(O)CNC(=O)CCc2ccc(F)c(F)c2)c1. The number of halogens is 2. The summed E-state index contributed by atoms with van der Waals surface area (Å²) in [6, 6.07) is 8.54. The molecular weight excluding hydrogens is 344 g/mol. The van der Waals surface area contributed by atoms with Crippen molar-refractivity contribution in [2.75, 3.05) is 20.8 Å². The lowest BCUT2D eigenvalue weighted by atomic mass is 10.1. The third-order valence-corrected chi connectivity index (χ3v) is 3.91. The number of amides is 1. The summed E-state index contributed by atoms with van der Waals surface area (Å²) < 4.78 is 36.4. The third kappa shape index (κ3) is 5.16. The summed E-state index contributed by atoms with van der Waals surface area (Å²) in [5.41, 5.74) is 1.02. The highest BCUT2D eigenvalue weighted by atomic mass is 19.2. The van der Waals surface area contributed by atoms with E-state index < -0.39 is 17.7 Å². The topological polar surface area (TPSA) is 67.8 Å². The van der Waals surface area contributed by atoms with Crippen LogP contribution in [0.1, 0.15) is 23.7 Å². The summed E-state index contributed by atoms with van der Waals surface area (Å²) in [5, 5.41) is 12.9. The maximum absolute atomic E-state index is 13.1. The maximum atomic E-state index is 13.1. The van der Waals surface area contributed by atoms with Crippen LogP contribution in [-0.2, 0) is 11.2 Å². The average molecular weight is 365 g/mol. The van der Waals surface area contributed by atoms with E-state index in [1.54, 1.807) is 18.2 Å². The molecule has 1 amide bonds. The van der Waals surface area contributed by atoms with Crippen LogP contribution in [0, 0.1) is 11.6 Å². The van der Waals surface area contributed by atoms with Gasteiger partial charge in [-0.25, -0.2) is 8.78 Å². The highest BCUT2D eigenvalue weighted by Crippen LogP contribution is 2.29. The highest BCUT2D eigenvalue weighted by Gasteiger charge is 2.16. The van der Waals surface area contributed by atoms with E-state index in [-0.39, 0.29) is 25.3 Å². The number of hydrogen-bond acceptors (Lipinski definition) is 4. The molecule has 0 saturated heterocycles. The van der Waals surface area contributed by atoms with Crippen molar-refractivity contribution in [1.82, 2.24) is 5.32 Å². The molecule has 0 heterocycles. The fourth-order valence-corrected chi connectivity index (χ4v) is 2.46. The molecule has 0 radical (unpaired) electrons. The van der Waals surface area contributed by atoms with Gasteiger partial charge in [-0.1, -0.05) is 6.07 Å². The number of rotatable bonds is 8. The Balaban J connectivity index is 1.89. The van der Waals surface area contributed by atoms with Crippen molar-refractivity contribution in [2.45, 2.75) is 18.9 Å². The first kappa shape index (κ1) is 19.7. The zero-order valence-electron chi connectivity index (χ0n) is 14.6. The van der Waals surface area contributed by atoms with Crippen LogP contribution in [0.2, 0.25) is 0 Å². The number of carbonyl (C=O) groups excluding carboxylic acids is 1. The molecule has 7 heteroatoms. The average Bonchev–Trinajstić information content (AvgIpc) is 2.66. The van der Waals surface area contributed by atoms with Crippen LogP contribution in [-0.4, -0.2) is 31.8 Å². The molecule has 5 nitrogen and oxygen atoms in total. The second-order valence-corrected chi connectivity index (χ2v) is 5.68. The number of ether oxygens (including phenoxy) is 2. The van der Waals surface area contributed by atoms with Crippen LogP contribution in [0.4, 0.5) is 8.78 Å². The maximum Gasteiger partial charge on any atom is 0.220 e. The molecule has 0 aliphatic rings. The largest absolute Gasteiger partial charge is 0.497 e. The van der Waals surface area contributed by atoms with E-state index in [2.05, 4.69) is 5.32 Å². The fraction of sp³-hybridized carbons (Fsp3) is 0.316. The summed E-state index contributed by atoms with van der Waals surface area (Å²) in [6.07, 6.45) is -0.624. The Bertz CT molecular complexity index is 767. The number of nitrogens with one attached hydrogen (secondary N) is 1. The van der Waals surface area contributed by atoms with Crippen molar-refractivity contribution in [3.05, 3.63) is 59.2 Å². The minimum atomic E-state index is -0.979. The quantitative estimate of drug-likeness (QED) is 0.755. The monoisotopic (exact) mass is 365 g/mol. The first-order chi connectivity index (χ1) is 12.4. The van der Waals surface area contributed by atoms with Gasteiger partial charge in [0.15, 0.2) is 11.6 Å². The smallest absolute Gasteiger partial charge is 0.220 e. The summed E-state index contributed by atoms with van der Waals surface area (Å²) in [5.74, 6) is -1.13. The molecule has 0 aliphatic carbocycles. The number of aliphatic hydroxyl groups is 1. The Morgan fingerprint density at radius 3 is 2.54 bits per heavy atom. The van der Waals surface area contributed by atoms with Gasteiger partial charge in [0.05, 0.1) is 20.3 Å². The molecule has 2 aromatic rings. The van der Waals surface area contributed by atoms with Crippen molar-refractivity contribution >= 4 is 5.91 Å². The Morgan fingerprint density at radius 2 is 1.88 bits per heavy atom. The minimum Gasteiger partial charge on any atom is -0.497 e. The van der Waals surface area contributed by atoms with Crippen molar-refractivity contribution < 1.29 is 28.2 Å². The summed E-state index contributed by atoms with van der Waals surface area (Å²) in [7, 11) is 3.00. The predicted molar refractivity (Wildman–Crippen MR) is 92.2 cm³/mol. The summed E-state index contributed by atoms with van der Waals surface area (Å²) in [4.78, 5) is 11.9. The number of methoxy groups -OCH3 is 2. The van der Waals surface area contributed by atoms with Gasteiger partial charge < -0.3 is 19.9 Å². The molecule has 1 atom stereocenters. The highest BCUT2D eigenvalue weighted by molar-refractivity contribution is 5.76. The lowest BCUT2D eigenvalue weighted by molar-refractivity contribution is -0.121. The van der Waals surface area contributed by atoms with E-state index in [4.69, 9.17) is 9.47 Å². The lowest BCUT2D eigenvalue weighted by Gasteiger charge is -2.16. The van der Waals surface area contributed by atoms with E-state index in [0.717, 1.165) is 12.1 Å². The van der Waals surface area contributed by atoms with E-state index in [1.807, 2.05) is 0 Å². The second kappa shape index (κ2) is 9.15. The first-order valence-electron chi connectivity index (χ1n) is 8.05. The van der Waals surface area contributed by atoms with Crippen LogP contribution in [0.3, 0.4) is 0 Å². The van der Waals surface area contributed by atoms with E-state index in [0.29, 0.717) is 22.6 Å². The Kier molecular flexibility index (Phi) is 6.91. The third-order valence-electron chi connectivity index (χ3n) is 3.91. The molecule has 26 heavy (non-hydrogen) atoms. The molecule has 0 bridgehead atoms. The van der Waals surface area contributed by atoms with Gasteiger partial charge in [-0.3, -0.25) is 4.79 Å². The zero-order chi connectivity index (χ0) is 19.1.